The maximum Gasteiger partial charge on any atom is 0.266 e. The van der Waals surface area contributed by atoms with E-state index in [1.807, 2.05) is 6.92 Å². The van der Waals surface area contributed by atoms with Gasteiger partial charge in [0.1, 0.15) is 15.7 Å². The van der Waals surface area contributed by atoms with Crippen molar-refractivity contribution in [1.29, 1.82) is 0 Å². The molecule has 0 bridgehead atoms. The molecule has 0 aliphatic carbocycles. The van der Waals surface area contributed by atoms with Gasteiger partial charge in [0.2, 0.25) is 5.17 Å². The van der Waals surface area contributed by atoms with Crippen LogP contribution in [0.5, 0.6) is 0 Å². The molecule has 10 heteroatoms. The van der Waals surface area contributed by atoms with Gasteiger partial charge in [-0.2, -0.15) is 0 Å². The molecular formula is C11H9Cl3N2O3S2. The molecule has 1 heterocycles. The predicted octanol–water partition coefficient (Wildman–Crippen LogP) is 3.29. The molecule has 1 aliphatic rings. The Balaban J connectivity index is 2.40. The summed E-state index contributed by atoms with van der Waals surface area (Å²) in [5.41, 5.74) is 0.541. The van der Waals surface area contributed by atoms with Crippen LogP contribution in [0.25, 0.3) is 0 Å². The molecular weight excluding hydrogens is 379 g/mol. The topological polar surface area (TPSA) is 75.6 Å². The summed E-state index contributed by atoms with van der Waals surface area (Å²) in [6.07, 6.45) is 0.541. The maximum atomic E-state index is 12.3. The molecule has 1 N–H and O–H groups in total. The largest absolute Gasteiger partial charge is 0.266 e. The molecule has 1 aliphatic heterocycles. The van der Waals surface area contributed by atoms with E-state index in [1.54, 1.807) is 0 Å². The Labute approximate surface area is 139 Å². The molecule has 0 saturated heterocycles. The highest BCUT2D eigenvalue weighted by Crippen LogP contribution is 2.32. The minimum atomic E-state index is -4.12. The van der Waals surface area contributed by atoms with Crippen LogP contribution in [0.15, 0.2) is 33.1 Å². The Morgan fingerprint density at radius 1 is 1.24 bits per heavy atom. The molecule has 0 spiro atoms. The summed E-state index contributed by atoms with van der Waals surface area (Å²) in [5, 5.41) is 1.15. The second kappa shape index (κ2) is 6.26. The number of amidine groups is 1. The molecule has 0 fully saturated rings. The van der Waals surface area contributed by atoms with Gasteiger partial charge in [0.25, 0.3) is 10.0 Å². The van der Waals surface area contributed by atoms with Crippen molar-refractivity contribution in [3.63, 3.8) is 0 Å². The average Bonchev–Trinajstić information content (AvgIpc) is 2.67. The molecule has 1 atom stereocenters. The van der Waals surface area contributed by atoms with E-state index in [0.717, 1.165) is 0 Å². The van der Waals surface area contributed by atoms with Crippen LogP contribution in [0.2, 0.25) is 15.1 Å². The number of hydrogen-bond acceptors (Lipinski definition) is 4. The molecule has 1 unspecified atom stereocenters. The number of rotatable bonds is 3. The first-order valence-electron chi connectivity index (χ1n) is 5.62. The van der Waals surface area contributed by atoms with Gasteiger partial charge in [-0.25, -0.2) is 17.6 Å². The second-order valence-corrected chi connectivity index (χ2v) is 8.07. The monoisotopic (exact) mass is 386 g/mol. The Kier molecular flexibility index (Phi) is 4.99. The number of aliphatic imine (C=N–C) groups is 1. The number of hydrogen-bond donors (Lipinski definition) is 1. The highest BCUT2D eigenvalue weighted by molar-refractivity contribution is 8.05. The van der Waals surface area contributed by atoms with E-state index in [9.17, 15) is 12.6 Å². The van der Waals surface area contributed by atoms with Crippen LogP contribution in [0.3, 0.4) is 0 Å². The molecule has 5 nitrogen and oxygen atoms in total. The smallest absolute Gasteiger partial charge is 0.255 e. The average molecular weight is 388 g/mol. The normalized spacial score (nSPS) is 18.4. The number of halogens is 3. The van der Waals surface area contributed by atoms with Gasteiger partial charge in [0, 0.05) is 10.4 Å². The second-order valence-electron chi connectivity index (χ2n) is 3.98. The first-order chi connectivity index (χ1) is 9.74. The summed E-state index contributed by atoms with van der Waals surface area (Å²) in [6.45, 7) is 1.82. The lowest BCUT2D eigenvalue weighted by Gasteiger charge is -2.10. The minimum absolute atomic E-state index is 0.131. The molecule has 114 valence electrons. The zero-order valence-electron chi connectivity index (χ0n) is 10.6. The van der Waals surface area contributed by atoms with Crippen LogP contribution in [0.1, 0.15) is 13.3 Å². The van der Waals surface area contributed by atoms with Crippen LogP contribution in [-0.2, 0) is 20.8 Å². The third-order valence-corrected chi connectivity index (χ3v) is 6.16. The van der Waals surface area contributed by atoms with Crippen molar-refractivity contribution in [3.8, 4) is 0 Å². The zero-order valence-corrected chi connectivity index (χ0v) is 14.5. The van der Waals surface area contributed by atoms with Crippen LogP contribution < -0.4 is 4.72 Å². The zero-order chi connectivity index (χ0) is 15.8. The molecule has 0 amide bonds. The fourth-order valence-electron chi connectivity index (χ4n) is 1.56. The molecule has 1 aromatic carbocycles. The highest BCUT2D eigenvalue weighted by atomic mass is 35.5. The third kappa shape index (κ3) is 3.60. The molecule has 1 aromatic rings. The van der Waals surface area contributed by atoms with Gasteiger partial charge in [-0.1, -0.05) is 41.7 Å². The van der Waals surface area contributed by atoms with Gasteiger partial charge in [-0.3, -0.25) is 4.72 Å². The molecule has 2 rings (SSSR count). The first-order valence-corrected chi connectivity index (χ1v) is 9.45. The summed E-state index contributed by atoms with van der Waals surface area (Å²) in [4.78, 5) is 3.62. The van der Waals surface area contributed by atoms with Crippen molar-refractivity contribution in [2.24, 2.45) is 4.99 Å². The van der Waals surface area contributed by atoms with Crippen LogP contribution >= 0.6 is 34.8 Å². The van der Waals surface area contributed by atoms with Crippen LogP contribution in [0, 0.1) is 0 Å². The minimum Gasteiger partial charge on any atom is -0.255 e. The summed E-state index contributed by atoms with van der Waals surface area (Å²) in [7, 11) is -5.76. The van der Waals surface area contributed by atoms with Gasteiger partial charge < -0.3 is 0 Å². The molecule has 21 heavy (non-hydrogen) atoms. The van der Waals surface area contributed by atoms with Crippen molar-refractivity contribution >= 4 is 60.8 Å². The number of benzene rings is 1. The number of nitrogens with zero attached hydrogens (tertiary/aromatic N) is 1. The van der Waals surface area contributed by atoms with Crippen LogP contribution in [-0.4, -0.2) is 17.8 Å². The summed E-state index contributed by atoms with van der Waals surface area (Å²) in [6, 6.07) is 2.51. The standard InChI is InChI=1S/C11H9Cl3N2O3S2/c1-2-7-5-20(17)11(15-7)16-21(18,19)10-8(13)3-6(12)4-9(10)14/h3-5H,2H2,1H3,(H,15,16). The predicted molar refractivity (Wildman–Crippen MR) is 85.7 cm³/mol. The number of nitrogens with one attached hydrogen (secondary N) is 1. The first kappa shape index (κ1) is 16.8. The van der Waals surface area contributed by atoms with Crippen molar-refractivity contribution in [2.75, 3.05) is 0 Å². The Bertz CT molecular complexity index is 765. The lowest BCUT2D eigenvalue weighted by atomic mass is 10.4. The van der Waals surface area contributed by atoms with Crippen molar-refractivity contribution in [3.05, 3.63) is 38.3 Å². The van der Waals surface area contributed by atoms with E-state index in [4.69, 9.17) is 34.8 Å². The van der Waals surface area contributed by atoms with Gasteiger partial charge in [-0.15, -0.1) is 0 Å². The van der Waals surface area contributed by atoms with E-state index in [0.29, 0.717) is 12.1 Å². The van der Waals surface area contributed by atoms with Crippen molar-refractivity contribution < 1.29 is 12.6 Å². The Hall–Kier alpha value is -0.600. The van der Waals surface area contributed by atoms with Gasteiger partial charge in [0.05, 0.1) is 15.7 Å². The molecule has 0 saturated carbocycles. The highest BCUT2D eigenvalue weighted by Gasteiger charge is 2.27. The quantitative estimate of drug-likeness (QED) is 0.864. The van der Waals surface area contributed by atoms with Crippen molar-refractivity contribution in [2.45, 2.75) is 18.2 Å². The molecule has 0 radical (unpaired) electrons. The SMILES string of the molecule is CCC1=CS(=O)C(NS(=O)(=O)c2c(Cl)cc(Cl)cc2Cl)=N1. The van der Waals surface area contributed by atoms with Gasteiger partial charge in [-0.05, 0) is 18.6 Å². The fraction of sp³-hybridized carbons (Fsp3) is 0.182. The van der Waals surface area contributed by atoms with Crippen LogP contribution in [0.4, 0.5) is 0 Å². The van der Waals surface area contributed by atoms with E-state index in [2.05, 4.69) is 9.71 Å². The van der Waals surface area contributed by atoms with Gasteiger partial charge in [0.15, 0.2) is 0 Å². The fourth-order valence-corrected chi connectivity index (χ4v) is 5.44. The van der Waals surface area contributed by atoms with Crippen molar-refractivity contribution in [1.82, 2.24) is 4.72 Å². The summed E-state index contributed by atoms with van der Waals surface area (Å²) < 4.78 is 38.6. The maximum absolute atomic E-state index is 12.3. The third-order valence-electron chi connectivity index (χ3n) is 2.49. The van der Waals surface area contributed by atoms with Gasteiger partial charge >= 0.3 is 0 Å². The van der Waals surface area contributed by atoms with E-state index < -0.39 is 20.8 Å². The molecule has 0 aromatic heterocycles. The summed E-state index contributed by atoms with van der Waals surface area (Å²) in [5.74, 6) is 0. The number of allylic oxidation sites excluding steroid dienone is 1. The summed E-state index contributed by atoms with van der Waals surface area (Å²) >= 11 is 17.5. The lowest BCUT2D eigenvalue weighted by molar-refractivity contribution is 0.593. The van der Waals surface area contributed by atoms with E-state index in [-0.39, 0.29) is 25.1 Å². The van der Waals surface area contributed by atoms with E-state index in [1.165, 1.54) is 17.5 Å². The number of sulfonamides is 1. The lowest BCUT2D eigenvalue weighted by Crippen LogP contribution is -2.32. The Morgan fingerprint density at radius 2 is 1.81 bits per heavy atom. The Morgan fingerprint density at radius 3 is 2.29 bits per heavy atom. The van der Waals surface area contributed by atoms with E-state index >= 15 is 0 Å².